The molecular formula is C23H29N3O4. The van der Waals surface area contributed by atoms with Gasteiger partial charge < -0.3 is 31.0 Å². The van der Waals surface area contributed by atoms with Gasteiger partial charge in [0.15, 0.2) is 5.75 Å². The van der Waals surface area contributed by atoms with Crippen LogP contribution >= 0.6 is 0 Å². The summed E-state index contributed by atoms with van der Waals surface area (Å²) in [4.78, 5) is 13.3. The summed E-state index contributed by atoms with van der Waals surface area (Å²) in [7, 11) is 1.59. The smallest absolute Gasteiger partial charge is 0.331 e. The topological polar surface area (TPSA) is 109 Å². The summed E-state index contributed by atoms with van der Waals surface area (Å²) in [5.41, 5.74) is 12.7. The second-order valence-corrected chi connectivity index (χ2v) is 8.41. The number of methoxy groups -OCH3 is 1. The van der Waals surface area contributed by atoms with Crippen molar-refractivity contribution in [2.24, 2.45) is 11.5 Å². The average molecular weight is 412 g/mol. The zero-order chi connectivity index (χ0) is 22.1. The maximum Gasteiger partial charge on any atom is 0.331 e. The molecule has 1 heterocycles. The Balaban J connectivity index is 2.04. The van der Waals surface area contributed by atoms with Crippen LogP contribution < -0.4 is 26.3 Å². The van der Waals surface area contributed by atoms with Crippen molar-refractivity contribution in [3.05, 3.63) is 65.2 Å². The third-order valence-corrected chi connectivity index (χ3v) is 4.79. The molecule has 30 heavy (non-hydrogen) atoms. The van der Waals surface area contributed by atoms with E-state index in [1.165, 1.54) is 0 Å². The molecule has 1 aliphatic heterocycles. The van der Waals surface area contributed by atoms with Crippen molar-refractivity contribution >= 4 is 11.7 Å². The minimum absolute atomic E-state index is 0.225. The van der Waals surface area contributed by atoms with Gasteiger partial charge in [-0.15, -0.1) is 0 Å². The number of esters is 1. The predicted octanol–water partition coefficient (Wildman–Crippen LogP) is 3.39. The quantitative estimate of drug-likeness (QED) is 0.647. The molecule has 160 valence electrons. The second kappa shape index (κ2) is 7.91. The van der Waals surface area contributed by atoms with Crippen molar-refractivity contribution in [1.82, 2.24) is 0 Å². The standard InChI is InChI=1S/C23H29N3O4/c1-14-20(24)26-18-12-16(9-10-19(18)29-14)23(25,21(27)30-22(2,3)4)13-15-7-6-8-17(11-15)28-5/h6-12,26H,13,24-25H2,1-5H3. The molecule has 0 aromatic heterocycles. The Hall–Kier alpha value is -3.19. The molecule has 3 rings (SSSR count). The fraction of sp³-hybridized carbons (Fsp3) is 0.348. The number of ether oxygens (including phenoxy) is 3. The lowest BCUT2D eigenvalue weighted by Crippen LogP contribution is -2.50. The summed E-state index contributed by atoms with van der Waals surface area (Å²) in [5, 5.41) is 3.10. The molecule has 2 aromatic rings. The number of benzene rings is 2. The van der Waals surface area contributed by atoms with Gasteiger partial charge in [0.25, 0.3) is 0 Å². The molecule has 7 heteroatoms. The van der Waals surface area contributed by atoms with Crippen molar-refractivity contribution < 1.29 is 19.0 Å². The van der Waals surface area contributed by atoms with E-state index in [9.17, 15) is 4.79 Å². The first-order valence-corrected chi connectivity index (χ1v) is 9.73. The van der Waals surface area contributed by atoms with Crippen molar-refractivity contribution in [2.45, 2.75) is 45.3 Å². The van der Waals surface area contributed by atoms with E-state index in [0.717, 1.165) is 5.56 Å². The number of anilines is 1. The first kappa shape index (κ1) is 21.5. The minimum Gasteiger partial charge on any atom is -0.497 e. The van der Waals surface area contributed by atoms with E-state index >= 15 is 0 Å². The SMILES string of the molecule is COc1cccc(CC(N)(C(=O)OC(C)(C)C)c2ccc3c(c2)NC(N)=C(C)O3)c1. The number of nitrogens with one attached hydrogen (secondary N) is 1. The lowest BCUT2D eigenvalue weighted by molar-refractivity contribution is -0.162. The van der Waals surface area contributed by atoms with Crippen molar-refractivity contribution in [3.8, 4) is 11.5 Å². The van der Waals surface area contributed by atoms with Gasteiger partial charge in [0.1, 0.15) is 28.5 Å². The average Bonchev–Trinajstić information content (AvgIpc) is 2.67. The molecule has 0 bridgehead atoms. The van der Waals surface area contributed by atoms with Crippen molar-refractivity contribution in [1.29, 1.82) is 0 Å². The Bertz CT molecular complexity index is 994. The molecule has 2 aromatic carbocycles. The molecular weight excluding hydrogens is 382 g/mol. The van der Waals surface area contributed by atoms with Crippen LogP contribution in [-0.2, 0) is 21.5 Å². The van der Waals surface area contributed by atoms with Crippen LogP contribution in [0.15, 0.2) is 54.0 Å². The Kier molecular flexibility index (Phi) is 5.67. The van der Waals surface area contributed by atoms with E-state index in [4.69, 9.17) is 25.7 Å². The van der Waals surface area contributed by atoms with Crippen LogP contribution in [0.1, 0.15) is 38.8 Å². The van der Waals surface area contributed by atoms with Gasteiger partial charge >= 0.3 is 5.97 Å². The van der Waals surface area contributed by atoms with E-state index in [-0.39, 0.29) is 6.42 Å². The number of carbonyl (C=O) groups is 1. The number of rotatable bonds is 5. The summed E-state index contributed by atoms with van der Waals surface area (Å²) in [6, 6.07) is 12.8. The van der Waals surface area contributed by atoms with Gasteiger partial charge in [0.05, 0.1) is 12.8 Å². The normalized spacial score (nSPS) is 15.4. The first-order valence-electron chi connectivity index (χ1n) is 9.73. The lowest BCUT2D eigenvalue weighted by atomic mass is 9.84. The minimum atomic E-state index is -1.43. The van der Waals surface area contributed by atoms with Crippen molar-refractivity contribution in [2.75, 3.05) is 12.4 Å². The summed E-state index contributed by atoms with van der Waals surface area (Å²) in [5.74, 6) is 1.77. The van der Waals surface area contributed by atoms with Gasteiger partial charge in [-0.2, -0.15) is 0 Å². The molecule has 0 spiro atoms. The Morgan fingerprint density at radius 2 is 1.90 bits per heavy atom. The number of nitrogens with two attached hydrogens (primary N) is 2. The molecule has 7 nitrogen and oxygen atoms in total. The van der Waals surface area contributed by atoms with Gasteiger partial charge in [-0.05, 0) is 63.1 Å². The van der Waals surface area contributed by atoms with Crippen molar-refractivity contribution in [3.63, 3.8) is 0 Å². The zero-order valence-electron chi connectivity index (χ0n) is 18.0. The van der Waals surface area contributed by atoms with Crippen LogP contribution in [0, 0.1) is 0 Å². The van der Waals surface area contributed by atoms with Gasteiger partial charge in [0, 0.05) is 6.42 Å². The number of hydrogen-bond donors (Lipinski definition) is 3. The van der Waals surface area contributed by atoms with Crippen LogP contribution in [0.3, 0.4) is 0 Å². The highest BCUT2D eigenvalue weighted by Gasteiger charge is 2.40. The molecule has 1 unspecified atom stereocenters. The lowest BCUT2D eigenvalue weighted by Gasteiger charge is -2.33. The summed E-state index contributed by atoms with van der Waals surface area (Å²) in [6.45, 7) is 7.21. The zero-order valence-corrected chi connectivity index (χ0v) is 18.0. The molecule has 1 atom stereocenters. The van der Waals surface area contributed by atoms with Gasteiger partial charge in [-0.3, -0.25) is 0 Å². The van der Waals surface area contributed by atoms with Gasteiger partial charge in [-0.1, -0.05) is 18.2 Å². The van der Waals surface area contributed by atoms with Crippen LogP contribution in [0.5, 0.6) is 11.5 Å². The Morgan fingerprint density at radius 1 is 1.17 bits per heavy atom. The largest absolute Gasteiger partial charge is 0.497 e. The van der Waals surface area contributed by atoms with Crippen LogP contribution in [0.25, 0.3) is 0 Å². The number of carbonyl (C=O) groups excluding carboxylic acids is 1. The van der Waals surface area contributed by atoms with Crippen LogP contribution in [0.2, 0.25) is 0 Å². The molecule has 0 saturated heterocycles. The molecule has 0 radical (unpaired) electrons. The fourth-order valence-electron chi connectivity index (χ4n) is 3.21. The Morgan fingerprint density at radius 3 is 2.57 bits per heavy atom. The molecule has 5 N–H and O–H groups in total. The Labute approximate surface area is 177 Å². The van der Waals surface area contributed by atoms with E-state index in [1.54, 1.807) is 32.2 Å². The third kappa shape index (κ3) is 4.52. The monoisotopic (exact) mass is 411 g/mol. The van der Waals surface area contributed by atoms with Crippen LogP contribution in [0.4, 0.5) is 5.69 Å². The van der Waals surface area contributed by atoms with E-state index in [2.05, 4.69) is 5.32 Å². The summed E-state index contributed by atoms with van der Waals surface area (Å²) < 4.78 is 16.7. The number of hydrogen-bond acceptors (Lipinski definition) is 7. The number of fused-ring (bicyclic) bond motifs is 1. The van der Waals surface area contributed by atoms with Gasteiger partial charge in [-0.25, -0.2) is 4.79 Å². The molecule has 0 fully saturated rings. The summed E-state index contributed by atoms with van der Waals surface area (Å²) >= 11 is 0. The highest BCUT2D eigenvalue weighted by Crippen LogP contribution is 2.36. The second-order valence-electron chi connectivity index (χ2n) is 8.41. The van der Waals surface area contributed by atoms with Gasteiger partial charge in [0.2, 0.25) is 0 Å². The highest BCUT2D eigenvalue weighted by molar-refractivity contribution is 5.84. The molecule has 0 aliphatic carbocycles. The summed E-state index contributed by atoms with van der Waals surface area (Å²) in [6.07, 6.45) is 0.225. The van der Waals surface area contributed by atoms with Crippen LogP contribution in [-0.4, -0.2) is 18.7 Å². The van der Waals surface area contributed by atoms with E-state index in [0.29, 0.717) is 34.3 Å². The fourth-order valence-corrected chi connectivity index (χ4v) is 3.21. The maximum atomic E-state index is 13.3. The maximum absolute atomic E-state index is 13.3. The number of allylic oxidation sites excluding steroid dienone is 1. The van der Waals surface area contributed by atoms with E-state index < -0.39 is 17.1 Å². The highest BCUT2D eigenvalue weighted by atomic mass is 16.6. The van der Waals surface area contributed by atoms with E-state index in [1.807, 2.05) is 45.0 Å². The molecule has 0 saturated carbocycles. The first-order chi connectivity index (χ1) is 14.0. The molecule has 1 aliphatic rings. The predicted molar refractivity (Wildman–Crippen MR) is 116 cm³/mol. The third-order valence-electron chi connectivity index (χ3n) is 4.79. The molecule has 0 amide bonds.